The number of rotatable bonds is 12. The quantitative estimate of drug-likeness (QED) is 0.297. The van der Waals surface area contributed by atoms with Crippen LogP contribution in [-0.4, -0.2) is 57.2 Å². The minimum absolute atomic E-state index is 0.0954. The number of carbonyl (C=O) groups is 1. The van der Waals surface area contributed by atoms with E-state index in [1.165, 1.54) is 0 Å². The molecule has 1 aromatic carbocycles. The van der Waals surface area contributed by atoms with E-state index in [1.807, 2.05) is 31.3 Å². The molecule has 0 saturated carbocycles. The minimum atomic E-state index is 0.0954. The molecule has 0 aromatic heterocycles. The van der Waals surface area contributed by atoms with E-state index in [4.69, 9.17) is 4.74 Å². The van der Waals surface area contributed by atoms with Crippen molar-refractivity contribution in [3.05, 3.63) is 34.3 Å². The molecule has 7 heteroatoms. The summed E-state index contributed by atoms with van der Waals surface area (Å²) in [6.45, 7) is 5.67. The molecule has 27 heavy (non-hydrogen) atoms. The summed E-state index contributed by atoms with van der Waals surface area (Å²) in [4.78, 5) is 18.2. The van der Waals surface area contributed by atoms with E-state index >= 15 is 0 Å². The van der Waals surface area contributed by atoms with Gasteiger partial charge >= 0.3 is 0 Å². The zero-order valence-electron chi connectivity index (χ0n) is 16.8. The van der Waals surface area contributed by atoms with Crippen LogP contribution in [0.1, 0.15) is 38.2 Å². The summed E-state index contributed by atoms with van der Waals surface area (Å²) in [7, 11) is 3.56. The van der Waals surface area contributed by atoms with Gasteiger partial charge in [-0.2, -0.15) is 0 Å². The van der Waals surface area contributed by atoms with Crippen molar-refractivity contribution in [2.24, 2.45) is 4.99 Å². The average molecular weight is 441 g/mol. The molecule has 0 aliphatic carbocycles. The zero-order valence-corrected chi connectivity index (χ0v) is 18.3. The van der Waals surface area contributed by atoms with Crippen molar-refractivity contribution in [2.45, 2.75) is 39.2 Å². The van der Waals surface area contributed by atoms with Crippen LogP contribution in [0.25, 0.3) is 0 Å². The molecule has 0 unspecified atom stereocenters. The molecule has 152 valence electrons. The summed E-state index contributed by atoms with van der Waals surface area (Å²) in [5.41, 5.74) is 1.10. The topological polar surface area (TPSA) is 66.0 Å². The van der Waals surface area contributed by atoms with Crippen molar-refractivity contribution >= 4 is 27.8 Å². The van der Waals surface area contributed by atoms with Crippen molar-refractivity contribution in [1.29, 1.82) is 0 Å². The highest BCUT2D eigenvalue weighted by molar-refractivity contribution is 9.10. The number of hydrogen-bond acceptors (Lipinski definition) is 3. The van der Waals surface area contributed by atoms with Gasteiger partial charge in [0.25, 0.3) is 0 Å². The Balaban J connectivity index is 2.20. The highest BCUT2D eigenvalue weighted by Gasteiger charge is 2.10. The normalized spacial score (nSPS) is 11.3. The van der Waals surface area contributed by atoms with Crippen molar-refractivity contribution in [2.75, 3.05) is 40.4 Å². The number of carbonyl (C=O) groups excluding carboxylic acids is 1. The Labute approximate surface area is 171 Å². The summed E-state index contributed by atoms with van der Waals surface area (Å²) in [5.74, 6) is 0.808. The van der Waals surface area contributed by atoms with Crippen LogP contribution in [-0.2, 0) is 16.1 Å². The number of amides is 1. The van der Waals surface area contributed by atoms with Crippen molar-refractivity contribution < 1.29 is 9.53 Å². The first-order valence-corrected chi connectivity index (χ1v) is 10.4. The lowest BCUT2D eigenvalue weighted by Gasteiger charge is -2.19. The van der Waals surface area contributed by atoms with E-state index in [9.17, 15) is 4.79 Å². The van der Waals surface area contributed by atoms with E-state index in [2.05, 4.69) is 38.5 Å². The highest BCUT2D eigenvalue weighted by Crippen LogP contribution is 2.17. The van der Waals surface area contributed by atoms with Crippen LogP contribution in [0.4, 0.5) is 0 Å². The lowest BCUT2D eigenvalue weighted by atomic mass is 10.2. The number of nitrogens with one attached hydrogen (secondary N) is 2. The van der Waals surface area contributed by atoms with Gasteiger partial charge in [0.2, 0.25) is 5.91 Å². The molecule has 0 aliphatic rings. The third-order valence-electron chi connectivity index (χ3n) is 4.05. The molecule has 0 radical (unpaired) electrons. The molecular formula is C20H33BrN4O2. The van der Waals surface area contributed by atoms with Gasteiger partial charge < -0.3 is 20.3 Å². The number of benzene rings is 1. The second-order valence-electron chi connectivity index (χ2n) is 6.34. The van der Waals surface area contributed by atoms with Crippen molar-refractivity contribution in [3.8, 4) is 0 Å². The first-order chi connectivity index (χ1) is 13.1. The van der Waals surface area contributed by atoms with Gasteiger partial charge in [-0.05, 0) is 24.5 Å². The van der Waals surface area contributed by atoms with Crippen LogP contribution < -0.4 is 10.6 Å². The van der Waals surface area contributed by atoms with Crippen LogP contribution in [0, 0.1) is 0 Å². The lowest BCUT2D eigenvalue weighted by molar-refractivity contribution is -0.130. The number of nitrogens with zero attached hydrogens (tertiary/aromatic N) is 2. The summed E-state index contributed by atoms with van der Waals surface area (Å²) in [5, 5.41) is 6.42. The van der Waals surface area contributed by atoms with Crippen molar-refractivity contribution in [1.82, 2.24) is 15.5 Å². The molecule has 0 aliphatic heterocycles. The van der Waals surface area contributed by atoms with E-state index in [0.29, 0.717) is 25.5 Å². The number of guanidine groups is 1. The molecule has 0 heterocycles. The molecule has 0 spiro atoms. The second kappa shape index (κ2) is 14.5. The maximum Gasteiger partial charge on any atom is 0.224 e. The van der Waals surface area contributed by atoms with Crippen molar-refractivity contribution in [3.63, 3.8) is 0 Å². The van der Waals surface area contributed by atoms with Gasteiger partial charge in [-0.15, -0.1) is 0 Å². The van der Waals surface area contributed by atoms with E-state index < -0.39 is 0 Å². The largest absolute Gasteiger partial charge is 0.381 e. The first kappa shape index (κ1) is 23.4. The van der Waals surface area contributed by atoms with Gasteiger partial charge in [-0.3, -0.25) is 9.79 Å². The summed E-state index contributed by atoms with van der Waals surface area (Å²) in [6, 6.07) is 7.95. The van der Waals surface area contributed by atoms with Gasteiger partial charge in [0.15, 0.2) is 5.96 Å². The van der Waals surface area contributed by atoms with Gasteiger partial charge in [0.05, 0.1) is 0 Å². The molecular weight excluding hydrogens is 408 g/mol. The Kier molecular flexibility index (Phi) is 12.6. The molecule has 0 atom stereocenters. The van der Waals surface area contributed by atoms with Gasteiger partial charge in [-0.25, -0.2) is 0 Å². The predicted octanol–water partition coefficient (Wildman–Crippen LogP) is 3.17. The molecule has 1 rings (SSSR count). The fourth-order valence-electron chi connectivity index (χ4n) is 2.40. The van der Waals surface area contributed by atoms with Crippen LogP contribution in [0.2, 0.25) is 0 Å². The monoisotopic (exact) mass is 440 g/mol. The van der Waals surface area contributed by atoms with Gasteiger partial charge in [0, 0.05) is 57.8 Å². The Morgan fingerprint density at radius 2 is 1.89 bits per heavy atom. The fraction of sp³-hybridized carbons (Fsp3) is 0.600. The molecule has 1 amide bonds. The number of aliphatic imine (C=N–C) groups is 1. The third-order valence-corrected chi connectivity index (χ3v) is 4.82. The molecule has 6 nitrogen and oxygen atoms in total. The minimum Gasteiger partial charge on any atom is -0.381 e. The first-order valence-electron chi connectivity index (χ1n) is 9.58. The predicted molar refractivity (Wildman–Crippen MR) is 115 cm³/mol. The van der Waals surface area contributed by atoms with E-state index in [1.54, 1.807) is 11.9 Å². The maximum atomic E-state index is 12.3. The Morgan fingerprint density at radius 1 is 1.19 bits per heavy atom. The molecule has 0 bridgehead atoms. The van der Waals surface area contributed by atoms with Gasteiger partial charge in [0.1, 0.15) is 0 Å². The number of hydrogen-bond donors (Lipinski definition) is 2. The average Bonchev–Trinajstić information content (AvgIpc) is 2.67. The summed E-state index contributed by atoms with van der Waals surface area (Å²) < 4.78 is 6.55. The third kappa shape index (κ3) is 10.3. The Morgan fingerprint density at radius 3 is 2.59 bits per heavy atom. The Bertz CT molecular complexity index is 581. The molecule has 1 aromatic rings. The smallest absolute Gasteiger partial charge is 0.224 e. The number of ether oxygens (including phenoxy) is 1. The van der Waals surface area contributed by atoms with Crippen LogP contribution in [0.5, 0.6) is 0 Å². The number of halogens is 1. The summed E-state index contributed by atoms with van der Waals surface area (Å²) in [6.07, 6.45) is 3.62. The fourth-order valence-corrected chi connectivity index (χ4v) is 2.81. The van der Waals surface area contributed by atoms with Gasteiger partial charge in [-0.1, -0.05) is 47.5 Å². The van der Waals surface area contributed by atoms with Crippen LogP contribution in [0.3, 0.4) is 0 Å². The standard InChI is InChI=1S/C20H33BrN4O2/c1-4-5-14-27-15-8-12-23-20(22-2)24-13-11-19(26)25(3)16-17-9-6-7-10-18(17)21/h6-7,9-10H,4-5,8,11-16H2,1-3H3,(H2,22,23,24). The molecule has 0 fully saturated rings. The molecule has 2 N–H and O–H groups in total. The SMILES string of the molecule is CCCCOCCCNC(=NC)NCCC(=O)N(C)Cc1ccccc1Br. The van der Waals surface area contributed by atoms with E-state index in [-0.39, 0.29) is 5.91 Å². The summed E-state index contributed by atoms with van der Waals surface area (Å²) >= 11 is 3.52. The van der Waals surface area contributed by atoms with Crippen LogP contribution in [0.15, 0.2) is 33.7 Å². The zero-order chi connectivity index (χ0) is 19.9. The maximum absolute atomic E-state index is 12.3. The Hall–Kier alpha value is -1.60. The second-order valence-corrected chi connectivity index (χ2v) is 7.19. The molecule has 0 saturated heterocycles. The lowest BCUT2D eigenvalue weighted by Crippen LogP contribution is -2.40. The van der Waals surface area contributed by atoms with E-state index in [0.717, 1.165) is 49.1 Å². The highest BCUT2D eigenvalue weighted by atomic mass is 79.9. The van der Waals surface area contributed by atoms with Crippen LogP contribution >= 0.6 is 15.9 Å². The number of unbranched alkanes of at least 4 members (excludes halogenated alkanes) is 1.